The number of carbonyl (C=O) groups excluding carboxylic acids is 2. The minimum atomic E-state index is -0.235. The van der Waals surface area contributed by atoms with Crippen LogP contribution in [0.1, 0.15) is 36.5 Å². The van der Waals surface area contributed by atoms with Crippen molar-refractivity contribution in [2.75, 3.05) is 37.0 Å². The fourth-order valence-electron chi connectivity index (χ4n) is 4.53. The number of nitrogens with zero attached hydrogens (tertiary/aromatic N) is 3. The Balaban J connectivity index is 1.83. The molecular weight excluding hydrogens is 386 g/mol. The van der Waals surface area contributed by atoms with Crippen LogP contribution in [0.15, 0.2) is 48.2 Å². The molecule has 0 saturated carbocycles. The van der Waals surface area contributed by atoms with Crippen molar-refractivity contribution in [3.05, 3.63) is 64.9 Å². The van der Waals surface area contributed by atoms with Gasteiger partial charge in [-0.05, 0) is 61.9 Å². The van der Waals surface area contributed by atoms with Gasteiger partial charge in [0.05, 0.1) is 11.3 Å². The summed E-state index contributed by atoms with van der Waals surface area (Å²) in [5.41, 5.74) is 5.66. The molecule has 0 bridgehead atoms. The predicted octanol–water partition coefficient (Wildman–Crippen LogP) is 4.39. The minimum Gasteiger partial charge on any atom is -0.378 e. The van der Waals surface area contributed by atoms with Crippen molar-refractivity contribution < 1.29 is 9.59 Å². The van der Waals surface area contributed by atoms with Gasteiger partial charge >= 0.3 is 0 Å². The van der Waals surface area contributed by atoms with Gasteiger partial charge in [-0.2, -0.15) is 0 Å². The molecule has 0 spiro atoms. The van der Waals surface area contributed by atoms with E-state index in [0.717, 1.165) is 48.3 Å². The second-order valence-electron chi connectivity index (χ2n) is 9.07. The van der Waals surface area contributed by atoms with E-state index in [9.17, 15) is 9.59 Å². The molecule has 162 valence electrons. The molecule has 1 fully saturated rings. The maximum Gasteiger partial charge on any atom is 0.282 e. The first-order valence-electron chi connectivity index (χ1n) is 11.0. The lowest BCUT2D eigenvalue weighted by Gasteiger charge is -2.32. The molecule has 0 atom stereocenters. The van der Waals surface area contributed by atoms with Crippen LogP contribution in [-0.4, -0.2) is 43.9 Å². The molecule has 2 aromatic carbocycles. The number of benzene rings is 2. The molecule has 0 aromatic heterocycles. The minimum absolute atomic E-state index is 0.217. The van der Waals surface area contributed by atoms with Crippen molar-refractivity contribution in [1.82, 2.24) is 4.90 Å². The zero-order chi connectivity index (χ0) is 22.3. The fourth-order valence-corrected chi connectivity index (χ4v) is 4.53. The van der Waals surface area contributed by atoms with Gasteiger partial charge in [0.15, 0.2) is 0 Å². The van der Waals surface area contributed by atoms with E-state index in [1.54, 1.807) is 0 Å². The highest BCUT2D eigenvalue weighted by Gasteiger charge is 2.43. The predicted molar refractivity (Wildman–Crippen MR) is 126 cm³/mol. The maximum atomic E-state index is 13.8. The van der Waals surface area contributed by atoms with E-state index in [4.69, 9.17) is 0 Å². The molecule has 31 heavy (non-hydrogen) atoms. The Morgan fingerprint density at radius 3 is 2.29 bits per heavy atom. The Labute approximate surface area is 184 Å². The lowest BCUT2D eigenvalue weighted by Crippen LogP contribution is -2.38. The number of carbonyl (C=O) groups is 2. The molecular formula is C26H31N3O2. The lowest BCUT2D eigenvalue weighted by atomic mass is 9.95. The van der Waals surface area contributed by atoms with Crippen molar-refractivity contribution in [3.63, 3.8) is 0 Å². The molecule has 5 heteroatoms. The lowest BCUT2D eigenvalue weighted by molar-refractivity contribution is -0.120. The van der Waals surface area contributed by atoms with Gasteiger partial charge in [-0.25, -0.2) is 4.90 Å². The van der Waals surface area contributed by atoms with Crippen molar-refractivity contribution in [2.45, 2.75) is 33.6 Å². The number of imide groups is 1. The Kier molecular flexibility index (Phi) is 5.61. The van der Waals surface area contributed by atoms with Gasteiger partial charge in [0, 0.05) is 32.9 Å². The molecule has 0 N–H and O–H groups in total. The van der Waals surface area contributed by atoms with Crippen LogP contribution in [0, 0.1) is 19.8 Å². The zero-order valence-electron chi connectivity index (χ0n) is 19.1. The third-order valence-electron chi connectivity index (χ3n) is 6.41. The Morgan fingerprint density at radius 1 is 0.935 bits per heavy atom. The molecule has 2 aliphatic rings. The zero-order valence-corrected chi connectivity index (χ0v) is 19.1. The molecule has 2 heterocycles. The molecule has 2 amide bonds. The number of hydrogen-bond donors (Lipinski definition) is 0. The molecule has 5 nitrogen and oxygen atoms in total. The molecule has 0 aliphatic carbocycles. The summed E-state index contributed by atoms with van der Waals surface area (Å²) < 4.78 is 0. The molecule has 0 unspecified atom stereocenters. The number of amides is 2. The van der Waals surface area contributed by atoms with Crippen molar-refractivity contribution in [1.29, 1.82) is 0 Å². The highest BCUT2D eigenvalue weighted by atomic mass is 16.2. The third-order valence-corrected chi connectivity index (χ3v) is 6.41. The first-order valence-corrected chi connectivity index (χ1v) is 11.0. The summed E-state index contributed by atoms with van der Waals surface area (Å²) in [5, 5.41) is 0. The highest BCUT2D eigenvalue weighted by Crippen LogP contribution is 2.38. The van der Waals surface area contributed by atoms with E-state index in [0.29, 0.717) is 22.9 Å². The average Bonchev–Trinajstić information content (AvgIpc) is 2.99. The van der Waals surface area contributed by atoms with Crippen LogP contribution >= 0.6 is 0 Å². The van der Waals surface area contributed by atoms with Gasteiger partial charge in [0.1, 0.15) is 5.70 Å². The second-order valence-corrected chi connectivity index (χ2v) is 9.07. The standard InChI is InChI=1S/C26H31N3O2/c1-17-11-13-28(14-12-17)24-23(22-10-9-18(2)15-19(22)3)25(30)29(26(24)31)21-8-6-7-20(16-21)27(4)5/h6-10,15-17H,11-14H2,1-5H3. The molecule has 4 rings (SSSR count). The number of hydrogen-bond acceptors (Lipinski definition) is 4. The number of aryl methyl sites for hydroxylation is 2. The smallest absolute Gasteiger partial charge is 0.282 e. The van der Waals surface area contributed by atoms with Crippen LogP contribution in [0.5, 0.6) is 0 Å². The number of anilines is 2. The first kappa shape index (κ1) is 21.2. The molecule has 0 radical (unpaired) electrons. The Hall–Kier alpha value is -3.08. The average molecular weight is 418 g/mol. The van der Waals surface area contributed by atoms with Crippen LogP contribution in [0.2, 0.25) is 0 Å². The topological polar surface area (TPSA) is 43.9 Å². The molecule has 1 saturated heterocycles. The van der Waals surface area contributed by atoms with E-state index < -0.39 is 0 Å². The summed E-state index contributed by atoms with van der Waals surface area (Å²) in [6.07, 6.45) is 2.06. The quantitative estimate of drug-likeness (QED) is 0.693. The van der Waals surface area contributed by atoms with Gasteiger partial charge in [-0.15, -0.1) is 0 Å². The van der Waals surface area contributed by atoms with E-state index in [2.05, 4.69) is 17.9 Å². The summed E-state index contributed by atoms with van der Waals surface area (Å²) in [7, 11) is 3.90. The third kappa shape index (κ3) is 3.85. The number of rotatable bonds is 4. The molecule has 2 aromatic rings. The largest absolute Gasteiger partial charge is 0.378 e. The van der Waals surface area contributed by atoms with Gasteiger partial charge in [0.2, 0.25) is 0 Å². The number of likely N-dealkylation sites (tertiary alicyclic amines) is 1. The fraction of sp³-hybridized carbons (Fsp3) is 0.385. The second kappa shape index (κ2) is 8.22. The van der Waals surface area contributed by atoms with Crippen molar-refractivity contribution in [3.8, 4) is 0 Å². The monoisotopic (exact) mass is 417 g/mol. The highest BCUT2D eigenvalue weighted by molar-refractivity contribution is 6.45. The summed E-state index contributed by atoms with van der Waals surface area (Å²) in [6.45, 7) is 7.90. The summed E-state index contributed by atoms with van der Waals surface area (Å²) in [5.74, 6) is 0.188. The molecule has 2 aliphatic heterocycles. The van der Waals surface area contributed by atoms with Crippen LogP contribution in [-0.2, 0) is 9.59 Å². The summed E-state index contributed by atoms with van der Waals surface area (Å²) in [6, 6.07) is 13.7. The van der Waals surface area contributed by atoms with E-state index >= 15 is 0 Å². The van der Waals surface area contributed by atoms with E-state index in [-0.39, 0.29) is 11.8 Å². The normalized spacial score (nSPS) is 17.7. The van der Waals surface area contributed by atoms with Crippen molar-refractivity contribution >= 4 is 28.8 Å². The Bertz CT molecular complexity index is 1060. The van der Waals surface area contributed by atoms with Crippen molar-refractivity contribution in [2.24, 2.45) is 5.92 Å². The maximum absolute atomic E-state index is 13.8. The Morgan fingerprint density at radius 2 is 1.65 bits per heavy atom. The van der Waals surface area contributed by atoms with E-state index in [1.165, 1.54) is 4.90 Å². The number of piperidine rings is 1. The van der Waals surface area contributed by atoms with Gasteiger partial charge in [-0.1, -0.05) is 36.8 Å². The first-order chi connectivity index (χ1) is 14.8. The van der Waals surface area contributed by atoms with E-state index in [1.807, 2.05) is 69.2 Å². The summed E-state index contributed by atoms with van der Waals surface area (Å²) in [4.78, 5) is 32.9. The van der Waals surface area contributed by atoms with Crippen LogP contribution in [0.25, 0.3) is 5.57 Å². The van der Waals surface area contributed by atoms with Crippen LogP contribution < -0.4 is 9.80 Å². The van der Waals surface area contributed by atoms with Crippen LogP contribution in [0.4, 0.5) is 11.4 Å². The summed E-state index contributed by atoms with van der Waals surface area (Å²) >= 11 is 0. The van der Waals surface area contributed by atoms with Gasteiger partial charge < -0.3 is 9.80 Å². The van der Waals surface area contributed by atoms with Crippen LogP contribution in [0.3, 0.4) is 0 Å². The van der Waals surface area contributed by atoms with Gasteiger partial charge in [0.25, 0.3) is 11.8 Å². The van der Waals surface area contributed by atoms with Gasteiger partial charge in [-0.3, -0.25) is 9.59 Å². The SMILES string of the molecule is Cc1ccc(C2=C(N3CCC(C)CC3)C(=O)N(c3cccc(N(C)C)c3)C2=O)c(C)c1.